The zero-order valence-electron chi connectivity index (χ0n) is 14.6. The van der Waals surface area contributed by atoms with Crippen molar-refractivity contribution >= 4 is 39.9 Å². The number of rotatable bonds is 8. The van der Waals surface area contributed by atoms with Gasteiger partial charge in [0.15, 0.2) is 0 Å². The SMILES string of the molecule is CCCCc1ccc(-n2nc3cc(Cl)c(NCC(O)CCl)cc3n2)cc1. The number of aromatic nitrogens is 3. The Morgan fingerprint density at radius 1 is 1.15 bits per heavy atom. The number of hydrogen-bond donors (Lipinski definition) is 2. The second-order valence-electron chi connectivity index (χ2n) is 6.27. The first kappa shape index (κ1) is 19.0. The summed E-state index contributed by atoms with van der Waals surface area (Å²) in [5.41, 5.74) is 4.37. The Balaban J connectivity index is 1.82. The molecule has 2 N–H and O–H groups in total. The Kier molecular flexibility index (Phi) is 6.35. The van der Waals surface area contributed by atoms with Crippen LogP contribution in [-0.4, -0.2) is 38.6 Å². The Morgan fingerprint density at radius 3 is 2.50 bits per heavy atom. The minimum Gasteiger partial charge on any atom is -0.390 e. The first-order valence-corrected chi connectivity index (χ1v) is 9.65. The van der Waals surface area contributed by atoms with Crippen LogP contribution in [0.1, 0.15) is 25.3 Å². The van der Waals surface area contributed by atoms with Crippen molar-refractivity contribution in [3.05, 3.63) is 47.0 Å². The van der Waals surface area contributed by atoms with E-state index >= 15 is 0 Å². The quantitative estimate of drug-likeness (QED) is 0.556. The van der Waals surface area contributed by atoms with Crippen molar-refractivity contribution in [3.8, 4) is 5.69 Å². The molecule has 1 unspecified atom stereocenters. The number of hydrogen-bond acceptors (Lipinski definition) is 4. The zero-order chi connectivity index (χ0) is 18.5. The monoisotopic (exact) mass is 392 g/mol. The molecule has 0 amide bonds. The summed E-state index contributed by atoms with van der Waals surface area (Å²) in [5.74, 6) is 0.164. The van der Waals surface area contributed by atoms with Gasteiger partial charge < -0.3 is 10.4 Å². The van der Waals surface area contributed by atoms with E-state index in [1.807, 2.05) is 18.2 Å². The number of fused-ring (bicyclic) bond motifs is 1. The zero-order valence-corrected chi connectivity index (χ0v) is 16.1. The molecule has 0 bridgehead atoms. The van der Waals surface area contributed by atoms with Crippen molar-refractivity contribution in [2.45, 2.75) is 32.3 Å². The lowest BCUT2D eigenvalue weighted by molar-refractivity contribution is 0.211. The van der Waals surface area contributed by atoms with Gasteiger partial charge in [0.25, 0.3) is 0 Å². The van der Waals surface area contributed by atoms with E-state index in [9.17, 15) is 5.11 Å². The molecule has 0 aliphatic carbocycles. The molecule has 0 saturated carbocycles. The maximum absolute atomic E-state index is 9.58. The van der Waals surface area contributed by atoms with Gasteiger partial charge in [-0.1, -0.05) is 37.1 Å². The number of nitrogens with one attached hydrogen (secondary N) is 1. The van der Waals surface area contributed by atoms with Crippen molar-refractivity contribution in [3.63, 3.8) is 0 Å². The molecule has 1 atom stereocenters. The van der Waals surface area contributed by atoms with E-state index < -0.39 is 6.10 Å². The highest BCUT2D eigenvalue weighted by Crippen LogP contribution is 2.27. The number of nitrogens with zero attached hydrogens (tertiary/aromatic N) is 3. The van der Waals surface area contributed by atoms with Gasteiger partial charge in [-0.15, -0.1) is 21.8 Å². The van der Waals surface area contributed by atoms with Gasteiger partial charge in [0.1, 0.15) is 11.0 Å². The second-order valence-corrected chi connectivity index (χ2v) is 6.99. The number of halogens is 2. The smallest absolute Gasteiger partial charge is 0.115 e. The molecule has 26 heavy (non-hydrogen) atoms. The largest absolute Gasteiger partial charge is 0.390 e. The van der Waals surface area contributed by atoms with Gasteiger partial charge >= 0.3 is 0 Å². The molecule has 0 radical (unpaired) electrons. The summed E-state index contributed by atoms with van der Waals surface area (Å²) < 4.78 is 0. The molecule has 138 valence electrons. The van der Waals surface area contributed by atoms with Crippen molar-refractivity contribution in [2.75, 3.05) is 17.7 Å². The number of anilines is 1. The van der Waals surface area contributed by atoms with Crippen LogP contribution in [0.25, 0.3) is 16.7 Å². The predicted octanol–water partition coefficient (Wildman–Crippen LogP) is 4.43. The predicted molar refractivity (Wildman–Crippen MR) is 108 cm³/mol. The van der Waals surface area contributed by atoms with Crippen molar-refractivity contribution in [2.24, 2.45) is 0 Å². The molecular weight excluding hydrogens is 371 g/mol. The van der Waals surface area contributed by atoms with Crippen molar-refractivity contribution in [1.29, 1.82) is 0 Å². The van der Waals surface area contributed by atoms with Crippen LogP contribution in [0.5, 0.6) is 0 Å². The molecule has 0 spiro atoms. The molecule has 3 rings (SSSR count). The van der Waals surface area contributed by atoms with Crippen LogP contribution in [0.3, 0.4) is 0 Å². The molecule has 2 aromatic carbocycles. The third-order valence-electron chi connectivity index (χ3n) is 4.16. The number of unbranched alkanes of at least 4 members (excludes halogenated alkanes) is 1. The fourth-order valence-corrected chi connectivity index (χ4v) is 2.98. The van der Waals surface area contributed by atoms with Gasteiger partial charge in [0.05, 0.1) is 28.4 Å². The average Bonchev–Trinajstić information content (AvgIpc) is 3.07. The lowest BCUT2D eigenvalue weighted by atomic mass is 10.1. The molecule has 5 nitrogen and oxygen atoms in total. The summed E-state index contributed by atoms with van der Waals surface area (Å²) >= 11 is 11.9. The minimum atomic E-state index is -0.634. The summed E-state index contributed by atoms with van der Waals surface area (Å²) in [5, 5.41) is 22.3. The van der Waals surface area contributed by atoms with Crippen LogP contribution >= 0.6 is 23.2 Å². The van der Waals surface area contributed by atoms with Crippen LogP contribution in [0.2, 0.25) is 5.02 Å². The molecule has 0 saturated heterocycles. The van der Waals surface area contributed by atoms with Crippen molar-refractivity contribution < 1.29 is 5.11 Å². The molecular formula is C19H22Cl2N4O. The van der Waals surface area contributed by atoms with E-state index in [2.05, 4.69) is 34.6 Å². The summed E-state index contributed by atoms with van der Waals surface area (Å²) in [4.78, 5) is 1.61. The van der Waals surface area contributed by atoms with Crippen LogP contribution < -0.4 is 5.32 Å². The second kappa shape index (κ2) is 8.71. The minimum absolute atomic E-state index is 0.164. The lowest BCUT2D eigenvalue weighted by Crippen LogP contribution is -2.20. The van der Waals surface area contributed by atoms with E-state index in [1.54, 1.807) is 10.9 Å². The highest BCUT2D eigenvalue weighted by Gasteiger charge is 2.11. The highest BCUT2D eigenvalue weighted by molar-refractivity contribution is 6.34. The van der Waals surface area contributed by atoms with Gasteiger partial charge in [-0.25, -0.2) is 0 Å². The van der Waals surface area contributed by atoms with Gasteiger partial charge in [0, 0.05) is 6.54 Å². The lowest BCUT2D eigenvalue weighted by Gasteiger charge is -2.10. The van der Waals surface area contributed by atoms with Crippen LogP contribution in [-0.2, 0) is 6.42 Å². The maximum atomic E-state index is 9.58. The highest BCUT2D eigenvalue weighted by atomic mass is 35.5. The third kappa shape index (κ3) is 4.47. The Morgan fingerprint density at radius 2 is 1.85 bits per heavy atom. The van der Waals surface area contributed by atoms with Gasteiger partial charge in [-0.3, -0.25) is 0 Å². The third-order valence-corrected chi connectivity index (χ3v) is 4.83. The number of aryl methyl sites for hydroxylation is 1. The topological polar surface area (TPSA) is 63.0 Å². The fourth-order valence-electron chi connectivity index (χ4n) is 2.65. The normalized spacial score (nSPS) is 12.5. The summed E-state index contributed by atoms with van der Waals surface area (Å²) in [7, 11) is 0. The van der Waals surface area contributed by atoms with E-state index in [-0.39, 0.29) is 5.88 Å². The van der Waals surface area contributed by atoms with Crippen molar-refractivity contribution in [1.82, 2.24) is 15.0 Å². The Bertz CT molecular complexity index is 864. The Hall–Kier alpha value is -1.82. The molecule has 1 aromatic heterocycles. The molecule has 1 heterocycles. The molecule has 3 aromatic rings. The Labute approximate surface area is 162 Å². The fraction of sp³-hybridized carbons (Fsp3) is 0.368. The van der Waals surface area contributed by atoms with Gasteiger partial charge in [-0.05, 0) is 42.7 Å². The maximum Gasteiger partial charge on any atom is 0.115 e. The number of benzene rings is 2. The standard InChI is InChI=1S/C19H22Cl2N4O/c1-2-3-4-13-5-7-14(8-6-13)25-23-18-9-16(21)17(10-19(18)24-25)22-12-15(26)11-20/h5-10,15,22,26H,2-4,11-12H2,1H3. The summed E-state index contributed by atoms with van der Waals surface area (Å²) in [6, 6.07) is 11.9. The number of aliphatic hydroxyl groups is 1. The number of alkyl halides is 1. The molecule has 7 heteroatoms. The first-order valence-electron chi connectivity index (χ1n) is 8.74. The molecule has 0 aliphatic heterocycles. The van der Waals surface area contributed by atoms with Gasteiger partial charge in [-0.2, -0.15) is 4.80 Å². The first-order chi connectivity index (χ1) is 12.6. The molecule has 0 aliphatic rings. The molecule has 0 fully saturated rings. The van der Waals surface area contributed by atoms with Crippen LogP contribution in [0.15, 0.2) is 36.4 Å². The van der Waals surface area contributed by atoms with Gasteiger partial charge in [0.2, 0.25) is 0 Å². The van der Waals surface area contributed by atoms with Crippen LogP contribution in [0.4, 0.5) is 5.69 Å². The summed E-state index contributed by atoms with van der Waals surface area (Å²) in [6.07, 6.45) is 2.83. The van der Waals surface area contributed by atoms with E-state index in [4.69, 9.17) is 23.2 Å². The van der Waals surface area contributed by atoms with Crippen LogP contribution in [0, 0.1) is 0 Å². The van der Waals surface area contributed by atoms with E-state index in [1.165, 1.54) is 18.4 Å². The van der Waals surface area contributed by atoms with E-state index in [0.717, 1.165) is 17.6 Å². The van der Waals surface area contributed by atoms with E-state index in [0.29, 0.717) is 22.8 Å². The number of aliphatic hydroxyl groups excluding tert-OH is 1. The average molecular weight is 393 g/mol. The summed E-state index contributed by atoms with van der Waals surface area (Å²) in [6.45, 7) is 2.51.